The highest BCUT2D eigenvalue weighted by Gasteiger charge is 2.39. The van der Waals surface area contributed by atoms with Gasteiger partial charge in [0.2, 0.25) is 0 Å². The van der Waals surface area contributed by atoms with E-state index in [9.17, 15) is 0 Å². The lowest BCUT2D eigenvalue weighted by atomic mass is 9.35. The Morgan fingerprint density at radius 1 is 0.351 bits per heavy atom. The smallest absolute Gasteiger partial charge is 0.311 e. The van der Waals surface area contributed by atoms with Crippen molar-refractivity contribution in [3.8, 4) is 0 Å². The lowest BCUT2D eigenvalue weighted by Gasteiger charge is -2.40. The van der Waals surface area contributed by atoms with Gasteiger partial charge in [-0.2, -0.15) is 0 Å². The fourth-order valence-electron chi connectivity index (χ4n) is 5.56. The van der Waals surface area contributed by atoms with E-state index in [-0.39, 0.29) is 13.7 Å². The molecule has 0 amide bonds. The standard InChI is InChI=1S/C34H33B2N/c1-26-16-8-12-22-31(26)35(32-23-13-9-17-27(32)2)37(30-20-6-5-7-21-30)36(33-24-14-10-18-28(33)3)34-25-15-11-19-29(34)4/h5-25H,1-4H3. The largest absolute Gasteiger partial charge is 0.445 e. The maximum atomic E-state index is 2.65. The van der Waals surface area contributed by atoms with Crippen LogP contribution in [0.4, 0.5) is 5.69 Å². The number of para-hydroxylation sites is 1. The second kappa shape index (κ2) is 11.0. The summed E-state index contributed by atoms with van der Waals surface area (Å²) in [6.45, 7) is 8.99. The van der Waals surface area contributed by atoms with Crippen LogP contribution in [0.1, 0.15) is 22.3 Å². The van der Waals surface area contributed by atoms with Gasteiger partial charge in [-0.1, -0.05) is 138 Å². The molecule has 0 aromatic heterocycles. The molecule has 0 aliphatic carbocycles. The molecule has 1 nitrogen and oxygen atoms in total. The van der Waals surface area contributed by atoms with E-state index in [1.807, 2.05) is 0 Å². The Morgan fingerprint density at radius 3 is 0.919 bits per heavy atom. The van der Waals surface area contributed by atoms with Crippen LogP contribution in [-0.2, 0) is 0 Å². The summed E-state index contributed by atoms with van der Waals surface area (Å²) in [6, 6.07) is 46.3. The van der Waals surface area contributed by atoms with Gasteiger partial charge in [0.15, 0.2) is 0 Å². The van der Waals surface area contributed by atoms with Crippen molar-refractivity contribution in [3.63, 3.8) is 0 Å². The zero-order valence-corrected chi connectivity index (χ0v) is 22.2. The van der Waals surface area contributed by atoms with Gasteiger partial charge in [0.25, 0.3) is 0 Å². The Morgan fingerprint density at radius 2 is 0.622 bits per heavy atom. The van der Waals surface area contributed by atoms with E-state index in [0.717, 1.165) is 0 Å². The Bertz CT molecular complexity index is 1310. The Labute approximate surface area is 223 Å². The third-order valence-electron chi connectivity index (χ3n) is 7.54. The van der Waals surface area contributed by atoms with E-state index in [1.165, 1.54) is 49.8 Å². The van der Waals surface area contributed by atoms with Gasteiger partial charge in [0.1, 0.15) is 0 Å². The molecule has 5 aromatic rings. The van der Waals surface area contributed by atoms with E-state index in [0.29, 0.717) is 0 Å². The zero-order chi connectivity index (χ0) is 25.8. The van der Waals surface area contributed by atoms with Gasteiger partial charge in [-0.15, -0.1) is 0 Å². The summed E-state index contributed by atoms with van der Waals surface area (Å²) in [4.78, 5) is 0. The van der Waals surface area contributed by atoms with E-state index in [1.54, 1.807) is 0 Å². The van der Waals surface area contributed by atoms with Gasteiger partial charge in [-0.3, -0.25) is 0 Å². The number of anilines is 1. The van der Waals surface area contributed by atoms with Crippen LogP contribution in [0.15, 0.2) is 127 Å². The average molecular weight is 477 g/mol. The first-order chi connectivity index (χ1) is 18.1. The molecule has 0 atom stereocenters. The Hall–Kier alpha value is -3.97. The van der Waals surface area contributed by atoms with Crippen molar-refractivity contribution in [2.24, 2.45) is 0 Å². The maximum absolute atomic E-state index is 2.65. The molecule has 0 bridgehead atoms. The summed E-state index contributed by atoms with van der Waals surface area (Å²) < 4.78 is 2.65. The van der Waals surface area contributed by atoms with Crippen molar-refractivity contribution < 1.29 is 0 Å². The summed E-state index contributed by atoms with van der Waals surface area (Å²) in [7, 11) is 0. The minimum absolute atomic E-state index is 0.0222. The highest BCUT2D eigenvalue weighted by Crippen LogP contribution is 2.20. The van der Waals surface area contributed by atoms with Gasteiger partial charge >= 0.3 is 13.7 Å². The van der Waals surface area contributed by atoms with Crippen LogP contribution < -0.4 is 26.6 Å². The first kappa shape index (κ1) is 24.7. The van der Waals surface area contributed by atoms with Crippen molar-refractivity contribution in [2.45, 2.75) is 27.7 Å². The van der Waals surface area contributed by atoms with Crippen LogP contribution in [0.3, 0.4) is 0 Å². The second-order valence-corrected chi connectivity index (χ2v) is 9.97. The molecule has 5 aromatic carbocycles. The molecule has 5 rings (SSSR count). The lowest BCUT2D eigenvalue weighted by molar-refractivity contribution is 1.42. The number of rotatable bonds is 7. The van der Waals surface area contributed by atoms with E-state index < -0.39 is 0 Å². The predicted octanol–water partition coefficient (Wildman–Crippen LogP) is 5.34. The van der Waals surface area contributed by atoms with Crippen molar-refractivity contribution in [1.82, 2.24) is 0 Å². The molecule has 0 aliphatic rings. The molecule has 37 heavy (non-hydrogen) atoms. The summed E-state index contributed by atoms with van der Waals surface area (Å²) in [5, 5.41) is 0. The highest BCUT2D eigenvalue weighted by molar-refractivity contribution is 7.05. The van der Waals surface area contributed by atoms with Gasteiger partial charge in [-0.25, -0.2) is 0 Å². The van der Waals surface area contributed by atoms with E-state index in [4.69, 9.17) is 0 Å². The van der Waals surface area contributed by atoms with Crippen LogP contribution >= 0.6 is 0 Å². The van der Waals surface area contributed by atoms with Crippen molar-refractivity contribution in [3.05, 3.63) is 150 Å². The summed E-state index contributed by atoms with van der Waals surface area (Å²) in [6.07, 6.45) is 0. The molecule has 0 N–H and O–H groups in total. The molecule has 0 unspecified atom stereocenters. The maximum Gasteiger partial charge on any atom is 0.311 e. The fourth-order valence-corrected chi connectivity index (χ4v) is 5.56. The molecule has 0 heterocycles. The Kier molecular flexibility index (Phi) is 7.32. The van der Waals surface area contributed by atoms with Crippen LogP contribution in [-0.4, -0.2) is 13.7 Å². The monoisotopic (exact) mass is 477 g/mol. The topological polar surface area (TPSA) is 3.24 Å². The van der Waals surface area contributed by atoms with E-state index >= 15 is 0 Å². The molecular formula is C34H33B2N. The molecule has 3 heteroatoms. The Balaban J connectivity index is 1.88. The number of nitrogens with zero attached hydrogens (tertiary/aromatic N) is 1. The third-order valence-corrected chi connectivity index (χ3v) is 7.54. The normalized spacial score (nSPS) is 10.7. The van der Waals surface area contributed by atoms with Crippen molar-refractivity contribution in [1.29, 1.82) is 0 Å². The van der Waals surface area contributed by atoms with E-state index in [2.05, 4.69) is 160 Å². The molecule has 180 valence electrons. The number of hydrogen-bond acceptors (Lipinski definition) is 1. The fraction of sp³-hybridized carbons (Fsp3) is 0.118. The van der Waals surface area contributed by atoms with Crippen LogP contribution in [0.2, 0.25) is 0 Å². The molecule has 0 spiro atoms. The first-order valence-corrected chi connectivity index (χ1v) is 13.1. The van der Waals surface area contributed by atoms with Gasteiger partial charge in [0.05, 0.1) is 0 Å². The SMILES string of the molecule is Cc1ccccc1B(c1ccccc1C)N(B(c1ccccc1C)c1ccccc1C)c1ccccc1. The van der Waals surface area contributed by atoms with Crippen LogP contribution in [0, 0.1) is 27.7 Å². The van der Waals surface area contributed by atoms with Gasteiger partial charge in [0, 0.05) is 5.69 Å². The molecule has 0 aliphatic heterocycles. The minimum Gasteiger partial charge on any atom is -0.445 e. The molecule has 0 saturated heterocycles. The van der Waals surface area contributed by atoms with Crippen LogP contribution in [0.5, 0.6) is 0 Å². The second-order valence-electron chi connectivity index (χ2n) is 9.97. The number of aryl methyl sites for hydroxylation is 4. The predicted molar refractivity (Wildman–Crippen MR) is 164 cm³/mol. The third kappa shape index (κ3) is 5.00. The van der Waals surface area contributed by atoms with Gasteiger partial charge in [-0.05, 0) is 61.7 Å². The highest BCUT2D eigenvalue weighted by atomic mass is 15.0. The number of benzene rings is 5. The first-order valence-electron chi connectivity index (χ1n) is 13.1. The lowest BCUT2D eigenvalue weighted by Crippen LogP contribution is -2.70. The molecule has 0 fully saturated rings. The quantitative estimate of drug-likeness (QED) is 0.286. The van der Waals surface area contributed by atoms with Crippen molar-refractivity contribution in [2.75, 3.05) is 4.72 Å². The minimum atomic E-state index is 0.0222. The zero-order valence-electron chi connectivity index (χ0n) is 22.2. The summed E-state index contributed by atoms with van der Waals surface area (Å²) >= 11 is 0. The average Bonchev–Trinajstić information content (AvgIpc) is 2.92. The summed E-state index contributed by atoms with van der Waals surface area (Å²) in [5.74, 6) is 0. The molecule has 0 radical (unpaired) electrons. The molecular weight excluding hydrogens is 444 g/mol. The van der Waals surface area contributed by atoms with Crippen LogP contribution in [0.25, 0.3) is 0 Å². The number of hydrogen-bond donors (Lipinski definition) is 0. The van der Waals surface area contributed by atoms with Gasteiger partial charge < -0.3 is 4.72 Å². The molecule has 0 saturated carbocycles. The van der Waals surface area contributed by atoms with Crippen molar-refractivity contribution >= 4 is 41.2 Å². The summed E-state index contributed by atoms with van der Waals surface area (Å²) in [5.41, 5.74) is 11.7.